The van der Waals surface area contributed by atoms with Crippen LogP contribution in [0, 0.1) is 12.7 Å². The minimum Gasteiger partial charge on any atom is -0.326 e. The van der Waals surface area contributed by atoms with Crippen molar-refractivity contribution in [1.29, 1.82) is 0 Å². The number of halogens is 2. The number of aryl methyl sites for hydroxylation is 1. The van der Waals surface area contributed by atoms with Crippen molar-refractivity contribution < 1.29 is 4.39 Å². The predicted molar refractivity (Wildman–Crippen MR) is 71.7 cm³/mol. The monoisotopic (exact) mass is 251 g/mol. The van der Waals surface area contributed by atoms with Crippen molar-refractivity contribution in [3.8, 4) is 11.1 Å². The van der Waals surface area contributed by atoms with Crippen molar-refractivity contribution in [1.82, 2.24) is 0 Å². The fraction of sp³-hybridized carbons (Fsp3) is 0.143. The molecule has 2 aromatic carbocycles. The van der Waals surface area contributed by atoms with E-state index in [1.54, 1.807) is 6.07 Å². The summed E-state index contributed by atoms with van der Waals surface area (Å²) in [7, 11) is 0. The van der Waals surface area contributed by atoms with Gasteiger partial charge in [-0.15, -0.1) is 12.4 Å². The van der Waals surface area contributed by atoms with Gasteiger partial charge in [-0.25, -0.2) is 4.39 Å². The van der Waals surface area contributed by atoms with E-state index in [4.69, 9.17) is 5.73 Å². The van der Waals surface area contributed by atoms with Crippen LogP contribution < -0.4 is 5.73 Å². The highest BCUT2D eigenvalue weighted by molar-refractivity contribution is 5.85. The molecule has 0 radical (unpaired) electrons. The topological polar surface area (TPSA) is 26.0 Å². The standard InChI is InChI=1S/C14H14FN.ClH/c1-10-5-11(9-16)7-13(6-10)12-3-2-4-14(15)8-12;/h2-8H,9,16H2,1H3;1H. The Labute approximate surface area is 107 Å². The molecule has 0 heterocycles. The molecule has 2 aromatic rings. The van der Waals surface area contributed by atoms with E-state index in [0.29, 0.717) is 6.54 Å². The van der Waals surface area contributed by atoms with Gasteiger partial charge in [0.1, 0.15) is 5.82 Å². The first-order chi connectivity index (χ1) is 7.69. The summed E-state index contributed by atoms with van der Waals surface area (Å²) >= 11 is 0. The molecule has 0 aliphatic carbocycles. The van der Waals surface area contributed by atoms with E-state index in [1.165, 1.54) is 12.1 Å². The lowest BCUT2D eigenvalue weighted by molar-refractivity contribution is 0.628. The van der Waals surface area contributed by atoms with Gasteiger partial charge in [0.2, 0.25) is 0 Å². The zero-order valence-electron chi connectivity index (χ0n) is 9.61. The second-order valence-corrected chi connectivity index (χ2v) is 3.92. The molecule has 17 heavy (non-hydrogen) atoms. The Morgan fingerprint density at radius 2 is 1.82 bits per heavy atom. The maximum Gasteiger partial charge on any atom is 0.123 e. The number of hydrogen-bond donors (Lipinski definition) is 1. The van der Waals surface area contributed by atoms with Crippen molar-refractivity contribution in [2.45, 2.75) is 13.5 Å². The second-order valence-electron chi connectivity index (χ2n) is 3.92. The number of nitrogens with two attached hydrogens (primary N) is 1. The SMILES string of the molecule is Cc1cc(CN)cc(-c2cccc(F)c2)c1.Cl. The molecule has 0 fully saturated rings. The Kier molecular flexibility index (Phi) is 4.67. The van der Waals surface area contributed by atoms with Crippen LogP contribution in [0.4, 0.5) is 4.39 Å². The van der Waals surface area contributed by atoms with E-state index < -0.39 is 0 Å². The third kappa shape index (κ3) is 3.29. The van der Waals surface area contributed by atoms with Gasteiger partial charge in [-0.05, 0) is 41.8 Å². The summed E-state index contributed by atoms with van der Waals surface area (Å²) in [6.07, 6.45) is 0. The Hall–Kier alpha value is -1.38. The van der Waals surface area contributed by atoms with E-state index >= 15 is 0 Å². The summed E-state index contributed by atoms with van der Waals surface area (Å²) in [6, 6.07) is 12.7. The number of hydrogen-bond acceptors (Lipinski definition) is 1. The molecule has 0 saturated carbocycles. The third-order valence-electron chi connectivity index (χ3n) is 2.53. The fourth-order valence-electron chi connectivity index (χ4n) is 1.82. The first-order valence-corrected chi connectivity index (χ1v) is 5.25. The van der Waals surface area contributed by atoms with Crippen molar-refractivity contribution >= 4 is 12.4 Å². The van der Waals surface area contributed by atoms with E-state index in [0.717, 1.165) is 22.3 Å². The summed E-state index contributed by atoms with van der Waals surface area (Å²) in [5, 5.41) is 0. The van der Waals surface area contributed by atoms with Gasteiger partial charge in [0, 0.05) is 6.54 Å². The van der Waals surface area contributed by atoms with Gasteiger partial charge in [0.15, 0.2) is 0 Å². The van der Waals surface area contributed by atoms with Crippen molar-refractivity contribution in [3.63, 3.8) is 0 Å². The Morgan fingerprint density at radius 3 is 2.47 bits per heavy atom. The van der Waals surface area contributed by atoms with Crippen LogP contribution in [0.1, 0.15) is 11.1 Å². The summed E-state index contributed by atoms with van der Waals surface area (Å²) in [5.74, 6) is -0.215. The molecule has 0 atom stereocenters. The molecule has 0 amide bonds. The highest BCUT2D eigenvalue weighted by atomic mass is 35.5. The molecule has 0 aromatic heterocycles. The molecule has 3 heteroatoms. The lowest BCUT2D eigenvalue weighted by Crippen LogP contribution is -1.97. The molecule has 0 aliphatic heterocycles. The normalized spacial score (nSPS) is 9.82. The Balaban J connectivity index is 0.00000144. The van der Waals surface area contributed by atoms with Crippen LogP contribution in [0.5, 0.6) is 0 Å². The minimum atomic E-state index is -0.215. The summed E-state index contributed by atoms with van der Waals surface area (Å²) in [4.78, 5) is 0. The van der Waals surface area contributed by atoms with E-state index in [-0.39, 0.29) is 18.2 Å². The molecule has 0 bridgehead atoms. The maximum absolute atomic E-state index is 13.1. The van der Waals surface area contributed by atoms with Crippen LogP contribution in [0.25, 0.3) is 11.1 Å². The van der Waals surface area contributed by atoms with Gasteiger partial charge in [0.05, 0.1) is 0 Å². The summed E-state index contributed by atoms with van der Waals surface area (Å²) in [6.45, 7) is 2.52. The molecule has 0 spiro atoms. The minimum absolute atomic E-state index is 0. The van der Waals surface area contributed by atoms with E-state index in [2.05, 4.69) is 0 Å². The van der Waals surface area contributed by atoms with Gasteiger partial charge in [0.25, 0.3) is 0 Å². The quantitative estimate of drug-likeness (QED) is 0.866. The van der Waals surface area contributed by atoms with Crippen molar-refractivity contribution in [2.24, 2.45) is 5.73 Å². The molecule has 1 nitrogen and oxygen atoms in total. The fourth-order valence-corrected chi connectivity index (χ4v) is 1.82. The lowest BCUT2D eigenvalue weighted by atomic mass is 10.0. The molecule has 0 aliphatic rings. The van der Waals surface area contributed by atoms with Gasteiger partial charge in [-0.3, -0.25) is 0 Å². The molecule has 2 rings (SSSR count). The molecule has 0 saturated heterocycles. The average Bonchev–Trinajstić information content (AvgIpc) is 2.28. The first-order valence-electron chi connectivity index (χ1n) is 5.25. The summed E-state index contributed by atoms with van der Waals surface area (Å²) < 4.78 is 13.1. The zero-order valence-corrected chi connectivity index (χ0v) is 10.4. The van der Waals surface area contributed by atoms with Crippen LogP contribution in [0.3, 0.4) is 0 Å². The van der Waals surface area contributed by atoms with Crippen LogP contribution >= 0.6 is 12.4 Å². The predicted octanol–water partition coefficient (Wildman–Crippen LogP) is 3.68. The molecule has 0 unspecified atom stereocenters. The van der Waals surface area contributed by atoms with Crippen LogP contribution in [-0.4, -0.2) is 0 Å². The number of rotatable bonds is 2. The van der Waals surface area contributed by atoms with Crippen LogP contribution in [0.2, 0.25) is 0 Å². The first kappa shape index (κ1) is 13.7. The number of benzene rings is 2. The van der Waals surface area contributed by atoms with E-state index in [9.17, 15) is 4.39 Å². The van der Waals surface area contributed by atoms with Crippen molar-refractivity contribution in [2.75, 3.05) is 0 Å². The summed E-state index contributed by atoms with van der Waals surface area (Å²) in [5.41, 5.74) is 9.73. The van der Waals surface area contributed by atoms with Gasteiger partial charge >= 0.3 is 0 Å². The maximum atomic E-state index is 13.1. The van der Waals surface area contributed by atoms with E-state index in [1.807, 2.05) is 31.2 Å². The van der Waals surface area contributed by atoms with Crippen LogP contribution in [0.15, 0.2) is 42.5 Å². The third-order valence-corrected chi connectivity index (χ3v) is 2.53. The molecule has 90 valence electrons. The van der Waals surface area contributed by atoms with Crippen molar-refractivity contribution in [3.05, 3.63) is 59.4 Å². The van der Waals surface area contributed by atoms with Gasteiger partial charge in [-0.1, -0.05) is 29.8 Å². The Morgan fingerprint density at radius 1 is 1.06 bits per heavy atom. The van der Waals surface area contributed by atoms with Crippen LogP contribution in [-0.2, 0) is 6.54 Å². The lowest BCUT2D eigenvalue weighted by Gasteiger charge is -2.06. The second kappa shape index (κ2) is 5.80. The molecular formula is C14H15ClFN. The van der Waals surface area contributed by atoms with Gasteiger partial charge in [-0.2, -0.15) is 0 Å². The Bertz CT molecular complexity index is 511. The highest BCUT2D eigenvalue weighted by Crippen LogP contribution is 2.22. The van der Waals surface area contributed by atoms with Gasteiger partial charge < -0.3 is 5.73 Å². The molecule has 2 N–H and O–H groups in total. The molecular weight excluding hydrogens is 237 g/mol. The average molecular weight is 252 g/mol. The highest BCUT2D eigenvalue weighted by Gasteiger charge is 2.01. The largest absolute Gasteiger partial charge is 0.326 e. The smallest absolute Gasteiger partial charge is 0.123 e. The zero-order chi connectivity index (χ0) is 11.5.